The highest BCUT2D eigenvalue weighted by Gasteiger charge is 2.35. The summed E-state index contributed by atoms with van der Waals surface area (Å²) in [6, 6.07) is 16.6. The molecule has 0 radical (unpaired) electrons. The largest absolute Gasteiger partial charge is 0.381 e. The maximum absolute atomic E-state index is 14.8. The van der Waals surface area contributed by atoms with Gasteiger partial charge in [-0.05, 0) is 55.0 Å². The minimum absolute atomic E-state index is 0.194. The Labute approximate surface area is 251 Å². The Morgan fingerprint density at radius 2 is 1.53 bits per heavy atom. The van der Waals surface area contributed by atoms with Crippen molar-refractivity contribution in [1.29, 1.82) is 0 Å². The average Bonchev–Trinajstić information content (AvgIpc) is 3.64. The van der Waals surface area contributed by atoms with Crippen LogP contribution >= 0.6 is 11.6 Å². The van der Waals surface area contributed by atoms with E-state index >= 15 is 0 Å². The van der Waals surface area contributed by atoms with Crippen molar-refractivity contribution in [1.82, 2.24) is 29.1 Å². The van der Waals surface area contributed by atoms with E-state index < -0.39 is 29.5 Å². The van der Waals surface area contributed by atoms with Crippen molar-refractivity contribution in [3.8, 4) is 5.69 Å². The first-order chi connectivity index (χ1) is 20.7. The van der Waals surface area contributed by atoms with E-state index in [1.165, 1.54) is 28.2 Å². The van der Waals surface area contributed by atoms with Crippen molar-refractivity contribution >= 4 is 23.0 Å². The normalized spacial score (nSPS) is 15.1. The number of halogens is 3. The predicted octanol–water partition coefficient (Wildman–Crippen LogP) is 3.78. The highest BCUT2D eigenvalue weighted by atomic mass is 35.5. The molecular weight excluding hydrogens is 578 g/mol. The predicted molar refractivity (Wildman–Crippen MR) is 159 cm³/mol. The van der Waals surface area contributed by atoms with Crippen LogP contribution in [0.5, 0.6) is 0 Å². The van der Waals surface area contributed by atoms with Crippen LogP contribution < -0.4 is 15.5 Å². The molecule has 0 spiro atoms. The topological polar surface area (TPSA) is 97.2 Å². The van der Waals surface area contributed by atoms with Crippen molar-refractivity contribution in [3.05, 3.63) is 118 Å². The zero-order valence-corrected chi connectivity index (χ0v) is 24.1. The van der Waals surface area contributed by atoms with E-state index in [9.17, 15) is 18.7 Å². The van der Waals surface area contributed by atoms with Crippen molar-refractivity contribution in [2.24, 2.45) is 0 Å². The van der Waals surface area contributed by atoms with Crippen LogP contribution in [-0.2, 0) is 18.7 Å². The maximum atomic E-state index is 14.8. The molecule has 1 unspecified atom stereocenters. The number of hydrogen-bond acceptors (Lipinski definition) is 7. The zero-order chi connectivity index (χ0) is 30.1. The SMILES string of the molecule is Cc1ccc(N2CCN(c3ccc(-n4cnn(CC(O)(Cn5cncn5)c5ccc(F)cc5F)c4=O)cc3)CC2)cc1Cl. The van der Waals surface area contributed by atoms with Gasteiger partial charge in [-0.2, -0.15) is 10.2 Å². The number of anilines is 2. The molecule has 2 aromatic heterocycles. The van der Waals surface area contributed by atoms with Crippen LogP contribution in [0.2, 0.25) is 5.02 Å². The summed E-state index contributed by atoms with van der Waals surface area (Å²) < 4.78 is 32.1. The molecule has 3 heterocycles. The minimum atomic E-state index is -1.98. The van der Waals surface area contributed by atoms with Gasteiger partial charge in [0.05, 0.1) is 18.8 Å². The monoisotopic (exact) mass is 606 g/mol. The van der Waals surface area contributed by atoms with Gasteiger partial charge in [-0.1, -0.05) is 23.7 Å². The fraction of sp³-hybridized carbons (Fsp3) is 0.267. The summed E-state index contributed by atoms with van der Waals surface area (Å²) in [6.07, 6.45) is 3.97. The smallest absolute Gasteiger partial charge is 0.350 e. The number of hydrogen-bond donors (Lipinski definition) is 1. The van der Waals surface area contributed by atoms with Gasteiger partial charge in [0.2, 0.25) is 0 Å². The molecule has 13 heteroatoms. The number of aliphatic hydroxyl groups is 1. The number of aromatic nitrogens is 6. The summed E-state index contributed by atoms with van der Waals surface area (Å²) in [5, 5.41) is 20.5. The molecule has 1 fully saturated rings. The third-order valence-electron chi connectivity index (χ3n) is 7.76. The average molecular weight is 607 g/mol. The zero-order valence-electron chi connectivity index (χ0n) is 23.3. The lowest BCUT2D eigenvalue weighted by atomic mass is 9.93. The van der Waals surface area contributed by atoms with Crippen LogP contribution in [0.1, 0.15) is 11.1 Å². The van der Waals surface area contributed by atoms with E-state index in [-0.39, 0.29) is 12.1 Å². The fourth-order valence-corrected chi connectivity index (χ4v) is 5.54. The van der Waals surface area contributed by atoms with E-state index in [0.717, 1.165) is 65.0 Å². The number of piperazine rings is 1. The molecule has 10 nitrogen and oxygen atoms in total. The van der Waals surface area contributed by atoms with Gasteiger partial charge in [-0.3, -0.25) is 0 Å². The maximum Gasteiger partial charge on any atom is 0.350 e. The lowest BCUT2D eigenvalue weighted by Gasteiger charge is -2.37. The summed E-state index contributed by atoms with van der Waals surface area (Å²) in [4.78, 5) is 21.8. The summed E-state index contributed by atoms with van der Waals surface area (Å²) in [7, 11) is 0. The third-order valence-corrected chi connectivity index (χ3v) is 8.17. The molecular formula is C30H29ClF2N8O2. The van der Waals surface area contributed by atoms with Crippen molar-refractivity contribution in [3.63, 3.8) is 0 Å². The summed E-state index contributed by atoms with van der Waals surface area (Å²) in [5.74, 6) is -1.73. The first-order valence-corrected chi connectivity index (χ1v) is 14.1. The van der Waals surface area contributed by atoms with E-state index in [2.05, 4.69) is 31.0 Å². The Balaban J connectivity index is 1.18. The van der Waals surface area contributed by atoms with Gasteiger partial charge in [-0.15, -0.1) is 0 Å². The summed E-state index contributed by atoms with van der Waals surface area (Å²) in [6.45, 7) is 4.69. The molecule has 5 aromatic rings. The highest BCUT2D eigenvalue weighted by molar-refractivity contribution is 6.31. The second-order valence-electron chi connectivity index (χ2n) is 10.6. The Bertz CT molecular complexity index is 1780. The van der Waals surface area contributed by atoms with Gasteiger partial charge < -0.3 is 14.9 Å². The van der Waals surface area contributed by atoms with Crippen molar-refractivity contribution in [2.75, 3.05) is 36.0 Å². The van der Waals surface area contributed by atoms with Gasteiger partial charge in [0, 0.05) is 54.2 Å². The van der Waals surface area contributed by atoms with E-state index in [0.29, 0.717) is 11.8 Å². The van der Waals surface area contributed by atoms with Crippen molar-refractivity contribution in [2.45, 2.75) is 25.6 Å². The van der Waals surface area contributed by atoms with Crippen LogP contribution in [-0.4, -0.2) is 60.4 Å². The molecule has 1 saturated heterocycles. The van der Waals surface area contributed by atoms with E-state index in [1.807, 2.05) is 43.3 Å². The Kier molecular flexibility index (Phi) is 7.72. The number of benzene rings is 3. The molecule has 0 aliphatic carbocycles. The summed E-state index contributed by atoms with van der Waals surface area (Å²) >= 11 is 6.32. The van der Waals surface area contributed by atoms with Gasteiger partial charge >= 0.3 is 5.69 Å². The number of rotatable bonds is 8. The van der Waals surface area contributed by atoms with Gasteiger partial charge in [-0.25, -0.2) is 32.5 Å². The van der Waals surface area contributed by atoms with Crippen LogP contribution in [0, 0.1) is 18.6 Å². The minimum Gasteiger partial charge on any atom is -0.381 e. The molecule has 6 rings (SSSR count). The van der Waals surface area contributed by atoms with Gasteiger partial charge in [0.25, 0.3) is 0 Å². The molecule has 0 saturated carbocycles. The summed E-state index contributed by atoms with van der Waals surface area (Å²) in [5.41, 5.74) is 1.07. The lowest BCUT2D eigenvalue weighted by molar-refractivity contribution is -0.00948. The van der Waals surface area contributed by atoms with Crippen LogP contribution in [0.15, 0.2) is 84.4 Å². The molecule has 0 bridgehead atoms. The first kappa shape index (κ1) is 28.6. The standard InChI is InChI=1S/C30H29ClF2N8O2/c1-21-2-4-25(15-27(21)31)38-12-10-37(11-13-38)23-5-7-24(8-6-23)40-20-36-41(29(40)42)17-30(43,16-39-19-34-18-35-39)26-9-3-22(32)14-28(26)33/h2-9,14-15,18-20,43H,10-13,16-17H2,1H3. The molecule has 1 N–H and O–H groups in total. The second kappa shape index (κ2) is 11.6. The molecule has 0 amide bonds. The molecule has 43 heavy (non-hydrogen) atoms. The Morgan fingerprint density at radius 1 is 0.860 bits per heavy atom. The highest BCUT2D eigenvalue weighted by Crippen LogP contribution is 2.29. The molecule has 1 aliphatic heterocycles. The molecule has 1 aliphatic rings. The molecule has 222 valence electrons. The van der Waals surface area contributed by atoms with Crippen LogP contribution in [0.4, 0.5) is 20.2 Å². The van der Waals surface area contributed by atoms with Gasteiger partial charge in [0.1, 0.15) is 36.2 Å². The first-order valence-electron chi connectivity index (χ1n) is 13.7. The number of nitrogens with zero attached hydrogens (tertiary/aromatic N) is 8. The van der Waals surface area contributed by atoms with E-state index in [4.69, 9.17) is 11.6 Å². The molecule has 1 atom stereocenters. The Morgan fingerprint density at radius 3 is 2.19 bits per heavy atom. The molecule has 3 aromatic carbocycles. The van der Waals surface area contributed by atoms with Crippen molar-refractivity contribution < 1.29 is 13.9 Å². The Hall–Kier alpha value is -4.55. The van der Waals surface area contributed by atoms with E-state index in [1.54, 1.807) is 0 Å². The quantitative estimate of drug-likeness (QED) is 0.287. The van der Waals surface area contributed by atoms with Crippen LogP contribution in [0.25, 0.3) is 5.69 Å². The number of aryl methyl sites for hydroxylation is 1. The second-order valence-corrected chi connectivity index (χ2v) is 11.0. The lowest BCUT2D eigenvalue weighted by Crippen LogP contribution is -2.46. The fourth-order valence-electron chi connectivity index (χ4n) is 5.37. The van der Waals surface area contributed by atoms with Crippen LogP contribution in [0.3, 0.4) is 0 Å². The van der Waals surface area contributed by atoms with Gasteiger partial charge in [0.15, 0.2) is 0 Å². The third kappa shape index (κ3) is 5.88.